The number of halogens is 1. The lowest BCUT2D eigenvalue weighted by atomic mass is 9.98. The molecule has 2 rings (SSSR count). The van der Waals surface area contributed by atoms with Gasteiger partial charge in [-0.2, -0.15) is 0 Å². The van der Waals surface area contributed by atoms with Crippen molar-refractivity contribution in [2.75, 3.05) is 11.9 Å². The lowest BCUT2D eigenvalue weighted by Crippen LogP contribution is -2.60. The fourth-order valence-electron chi connectivity index (χ4n) is 2.07. The molecule has 0 spiro atoms. The minimum absolute atomic E-state index is 0.461. The van der Waals surface area contributed by atoms with Gasteiger partial charge in [-0.15, -0.1) is 0 Å². The maximum atomic E-state index is 9.89. The van der Waals surface area contributed by atoms with Crippen molar-refractivity contribution >= 4 is 17.3 Å². The Balaban J connectivity index is 2.13. The molecule has 0 aromatic heterocycles. The molecule has 5 unspecified atom stereocenters. The number of rotatable bonds is 3. The van der Waals surface area contributed by atoms with Crippen molar-refractivity contribution in [3.63, 3.8) is 0 Å². The molecule has 1 saturated heterocycles. The van der Waals surface area contributed by atoms with Crippen LogP contribution in [0.4, 0.5) is 5.69 Å². The number of aryl methyl sites for hydroxylation is 1. The zero-order valence-electron chi connectivity index (χ0n) is 10.9. The second kappa shape index (κ2) is 6.26. The topological polar surface area (TPSA) is 102 Å². The summed E-state index contributed by atoms with van der Waals surface area (Å²) in [4.78, 5) is 0. The summed E-state index contributed by atoms with van der Waals surface area (Å²) in [7, 11) is 0. The largest absolute Gasteiger partial charge is 0.394 e. The van der Waals surface area contributed by atoms with Crippen molar-refractivity contribution in [1.29, 1.82) is 0 Å². The second-order valence-corrected chi connectivity index (χ2v) is 5.26. The van der Waals surface area contributed by atoms with Crippen molar-refractivity contribution in [3.05, 3.63) is 28.8 Å². The Morgan fingerprint density at radius 1 is 1.20 bits per heavy atom. The molecule has 1 heterocycles. The zero-order chi connectivity index (χ0) is 14.9. The third-order valence-electron chi connectivity index (χ3n) is 3.37. The SMILES string of the molecule is Cc1ccc(NC2OC(CO)C(O)C(O)C2O)cc1Cl. The molecule has 0 bridgehead atoms. The summed E-state index contributed by atoms with van der Waals surface area (Å²) in [6.07, 6.45) is -5.99. The van der Waals surface area contributed by atoms with E-state index in [0.717, 1.165) is 5.56 Å². The Morgan fingerprint density at radius 2 is 1.90 bits per heavy atom. The first-order valence-corrected chi connectivity index (χ1v) is 6.65. The molecule has 5 N–H and O–H groups in total. The molecule has 7 heteroatoms. The van der Waals surface area contributed by atoms with Gasteiger partial charge in [-0.1, -0.05) is 17.7 Å². The van der Waals surface area contributed by atoms with Crippen LogP contribution in [-0.4, -0.2) is 57.7 Å². The van der Waals surface area contributed by atoms with Gasteiger partial charge in [0.1, 0.15) is 24.4 Å². The Morgan fingerprint density at radius 3 is 2.50 bits per heavy atom. The molecule has 112 valence electrons. The lowest BCUT2D eigenvalue weighted by Gasteiger charge is -2.40. The smallest absolute Gasteiger partial charge is 0.157 e. The Kier molecular flexibility index (Phi) is 4.85. The fourth-order valence-corrected chi connectivity index (χ4v) is 2.25. The van der Waals surface area contributed by atoms with Gasteiger partial charge in [0.25, 0.3) is 0 Å². The van der Waals surface area contributed by atoms with Crippen molar-refractivity contribution < 1.29 is 25.2 Å². The molecule has 0 saturated carbocycles. The molecule has 0 amide bonds. The van der Waals surface area contributed by atoms with E-state index in [2.05, 4.69) is 5.32 Å². The highest BCUT2D eigenvalue weighted by atomic mass is 35.5. The quantitative estimate of drug-likeness (QED) is 0.533. The molecule has 5 atom stereocenters. The molecule has 1 aromatic rings. The lowest BCUT2D eigenvalue weighted by molar-refractivity contribution is -0.221. The molecule has 1 aliphatic heterocycles. The van der Waals surface area contributed by atoms with Crippen LogP contribution in [0.5, 0.6) is 0 Å². The Labute approximate surface area is 121 Å². The van der Waals surface area contributed by atoms with Gasteiger partial charge >= 0.3 is 0 Å². The number of aliphatic hydroxyl groups excluding tert-OH is 4. The number of benzene rings is 1. The van der Waals surface area contributed by atoms with Crippen molar-refractivity contribution in [2.45, 2.75) is 37.6 Å². The molecule has 6 nitrogen and oxygen atoms in total. The monoisotopic (exact) mass is 303 g/mol. The summed E-state index contributed by atoms with van der Waals surface area (Å²) in [6, 6.07) is 5.22. The maximum Gasteiger partial charge on any atom is 0.157 e. The first-order chi connectivity index (χ1) is 9.43. The van der Waals surface area contributed by atoms with Crippen molar-refractivity contribution in [2.24, 2.45) is 0 Å². The van der Waals surface area contributed by atoms with Crippen LogP contribution in [0, 0.1) is 6.92 Å². The maximum absolute atomic E-state index is 9.89. The van der Waals surface area contributed by atoms with E-state index >= 15 is 0 Å². The Hall–Kier alpha value is -0.890. The van der Waals surface area contributed by atoms with Gasteiger partial charge in [-0.3, -0.25) is 0 Å². The van der Waals surface area contributed by atoms with E-state index in [1.807, 2.05) is 6.92 Å². The van der Waals surface area contributed by atoms with E-state index in [1.54, 1.807) is 18.2 Å². The van der Waals surface area contributed by atoms with Gasteiger partial charge in [0.05, 0.1) is 6.61 Å². The number of aliphatic hydroxyl groups is 4. The van der Waals surface area contributed by atoms with Gasteiger partial charge in [0.2, 0.25) is 0 Å². The average molecular weight is 304 g/mol. The van der Waals surface area contributed by atoms with Crippen LogP contribution in [0.3, 0.4) is 0 Å². The van der Waals surface area contributed by atoms with Crippen LogP contribution in [-0.2, 0) is 4.74 Å². The van der Waals surface area contributed by atoms with Gasteiger partial charge < -0.3 is 30.5 Å². The molecule has 0 radical (unpaired) electrons. The first kappa shape index (κ1) is 15.5. The van der Waals surface area contributed by atoms with E-state index in [1.165, 1.54) is 0 Å². The highest BCUT2D eigenvalue weighted by molar-refractivity contribution is 6.31. The van der Waals surface area contributed by atoms with Crippen molar-refractivity contribution in [1.82, 2.24) is 0 Å². The van der Waals surface area contributed by atoms with Crippen LogP contribution in [0.25, 0.3) is 0 Å². The van der Waals surface area contributed by atoms with E-state index in [-0.39, 0.29) is 0 Å². The first-order valence-electron chi connectivity index (χ1n) is 6.27. The normalized spacial score (nSPS) is 34.0. The van der Waals surface area contributed by atoms with Crippen LogP contribution in [0.1, 0.15) is 5.56 Å². The summed E-state index contributed by atoms with van der Waals surface area (Å²) in [5.74, 6) is 0. The van der Waals surface area contributed by atoms with Gasteiger partial charge in [0, 0.05) is 10.7 Å². The number of hydrogen-bond acceptors (Lipinski definition) is 6. The average Bonchev–Trinajstić information content (AvgIpc) is 2.43. The molecular weight excluding hydrogens is 286 g/mol. The third-order valence-corrected chi connectivity index (χ3v) is 3.78. The molecule has 0 aliphatic carbocycles. The molecule has 20 heavy (non-hydrogen) atoms. The predicted molar refractivity (Wildman–Crippen MR) is 73.6 cm³/mol. The van der Waals surface area contributed by atoms with Crippen molar-refractivity contribution in [3.8, 4) is 0 Å². The number of anilines is 1. The van der Waals surface area contributed by atoms with Gasteiger partial charge in [-0.25, -0.2) is 0 Å². The van der Waals surface area contributed by atoms with Crippen LogP contribution >= 0.6 is 11.6 Å². The van der Waals surface area contributed by atoms with Gasteiger partial charge in [0.15, 0.2) is 6.23 Å². The van der Waals surface area contributed by atoms with Crippen LogP contribution in [0.2, 0.25) is 5.02 Å². The van der Waals surface area contributed by atoms with Crippen LogP contribution < -0.4 is 5.32 Å². The predicted octanol–water partition coefficient (Wildman–Crippen LogP) is -0.140. The van der Waals surface area contributed by atoms with Gasteiger partial charge in [-0.05, 0) is 24.6 Å². The van der Waals surface area contributed by atoms with Crippen LogP contribution in [0.15, 0.2) is 18.2 Å². The standard InChI is InChI=1S/C13H18ClNO5/c1-6-2-3-7(4-8(6)14)15-13-12(19)11(18)10(17)9(5-16)20-13/h2-4,9-13,15-19H,5H2,1H3. The number of ether oxygens (including phenoxy) is 1. The fraction of sp³-hybridized carbons (Fsp3) is 0.538. The minimum atomic E-state index is -1.40. The summed E-state index contributed by atoms with van der Waals surface area (Å²) in [6.45, 7) is 1.40. The zero-order valence-corrected chi connectivity index (χ0v) is 11.7. The minimum Gasteiger partial charge on any atom is -0.394 e. The molecule has 1 aromatic carbocycles. The highest BCUT2D eigenvalue weighted by Crippen LogP contribution is 2.25. The molecular formula is C13H18ClNO5. The van der Waals surface area contributed by atoms with E-state index in [4.69, 9.17) is 21.4 Å². The third kappa shape index (κ3) is 3.06. The summed E-state index contributed by atoms with van der Waals surface area (Å²) < 4.78 is 5.34. The number of hydrogen-bond donors (Lipinski definition) is 5. The number of nitrogens with one attached hydrogen (secondary N) is 1. The highest BCUT2D eigenvalue weighted by Gasteiger charge is 2.43. The molecule has 1 fully saturated rings. The summed E-state index contributed by atoms with van der Waals surface area (Å²) in [5.41, 5.74) is 1.51. The second-order valence-electron chi connectivity index (χ2n) is 4.86. The molecule has 1 aliphatic rings. The van der Waals surface area contributed by atoms with E-state index in [0.29, 0.717) is 10.7 Å². The Bertz CT molecular complexity index is 470. The van der Waals surface area contributed by atoms with E-state index < -0.39 is 37.3 Å². The van der Waals surface area contributed by atoms with E-state index in [9.17, 15) is 15.3 Å². The summed E-state index contributed by atoms with van der Waals surface area (Å²) in [5, 5.41) is 41.8. The summed E-state index contributed by atoms with van der Waals surface area (Å²) >= 11 is 6.00.